The first-order chi connectivity index (χ1) is 10.6. The Morgan fingerprint density at radius 2 is 2.27 bits per heavy atom. The molecule has 0 aliphatic carbocycles. The molecule has 7 heteroatoms. The highest BCUT2D eigenvalue weighted by Crippen LogP contribution is 2.17. The van der Waals surface area contributed by atoms with E-state index in [1.54, 1.807) is 23.6 Å². The van der Waals surface area contributed by atoms with Crippen LogP contribution >= 0.6 is 11.3 Å². The van der Waals surface area contributed by atoms with Crippen molar-refractivity contribution in [3.05, 3.63) is 51.7 Å². The number of hydrogen-bond acceptors (Lipinski definition) is 5. The Balaban J connectivity index is 1.93. The molecule has 0 bridgehead atoms. The van der Waals surface area contributed by atoms with Crippen molar-refractivity contribution in [2.75, 3.05) is 20.3 Å². The number of halogens is 1. The fourth-order valence-electron chi connectivity index (χ4n) is 1.85. The Labute approximate surface area is 131 Å². The number of rotatable bonds is 7. The van der Waals surface area contributed by atoms with Gasteiger partial charge in [0, 0.05) is 25.5 Å². The minimum absolute atomic E-state index is 0.0901. The largest absolute Gasteiger partial charge is 0.389 e. The van der Waals surface area contributed by atoms with Gasteiger partial charge in [0.1, 0.15) is 11.5 Å². The number of methoxy groups -OCH3 is 1. The first kappa shape index (κ1) is 16.5. The minimum atomic E-state index is -0.759. The fourth-order valence-corrected chi connectivity index (χ4v) is 2.65. The number of nitrogens with one attached hydrogen (secondary N) is 1. The van der Waals surface area contributed by atoms with Crippen LogP contribution in [0.4, 0.5) is 4.39 Å². The van der Waals surface area contributed by atoms with Crippen molar-refractivity contribution in [2.45, 2.75) is 12.5 Å². The van der Waals surface area contributed by atoms with Crippen molar-refractivity contribution in [3.63, 3.8) is 0 Å². The number of benzene rings is 1. The summed E-state index contributed by atoms with van der Waals surface area (Å²) in [6.07, 6.45) is -0.415. The van der Waals surface area contributed by atoms with E-state index in [-0.39, 0.29) is 30.6 Å². The highest BCUT2D eigenvalue weighted by atomic mass is 32.1. The van der Waals surface area contributed by atoms with Gasteiger partial charge in [-0.1, -0.05) is 18.2 Å². The molecule has 1 amide bonds. The normalized spacial score (nSPS) is 12.1. The summed E-state index contributed by atoms with van der Waals surface area (Å²) >= 11 is 1.30. The van der Waals surface area contributed by atoms with Crippen LogP contribution in [0.2, 0.25) is 0 Å². The zero-order valence-corrected chi connectivity index (χ0v) is 12.9. The van der Waals surface area contributed by atoms with Gasteiger partial charge in [0.25, 0.3) is 5.91 Å². The summed E-state index contributed by atoms with van der Waals surface area (Å²) in [7, 11) is 1.47. The van der Waals surface area contributed by atoms with E-state index in [9.17, 15) is 14.3 Å². The molecule has 0 saturated heterocycles. The van der Waals surface area contributed by atoms with Crippen LogP contribution in [0.5, 0.6) is 0 Å². The molecule has 1 unspecified atom stereocenters. The van der Waals surface area contributed by atoms with E-state index >= 15 is 0 Å². The summed E-state index contributed by atoms with van der Waals surface area (Å²) in [4.78, 5) is 16.1. The molecule has 0 radical (unpaired) electrons. The third-order valence-electron chi connectivity index (χ3n) is 2.94. The average Bonchev–Trinajstić information content (AvgIpc) is 2.96. The first-order valence-corrected chi connectivity index (χ1v) is 7.61. The van der Waals surface area contributed by atoms with Gasteiger partial charge in [-0.15, -0.1) is 11.3 Å². The molecule has 22 heavy (non-hydrogen) atoms. The smallest absolute Gasteiger partial charge is 0.270 e. The van der Waals surface area contributed by atoms with Gasteiger partial charge in [-0.2, -0.15) is 0 Å². The van der Waals surface area contributed by atoms with E-state index in [0.717, 1.165) is 0 Å². The Hall–Kier alpha value is -1.83. The first-order valence-electron chi connectivity index (χ1n) is 6.73. The molecule has 2 rings (SSSR count). The van der Waals surface area contributed by atoms with Crippen LogP contribution in [0.3, 0.4) is 0 Å². The Bertz CT molecular complexity index is 633. The van der Waals surface area contributed by atoms with Gasteiger partial charge in [0.05, 0.1) is 17.7 Å². The maximum atomic E-state index is 13.6. The molecule has 2 aromatic rings. The quantitative estimate of drug-likeness (QED) is 0.812. The van der Waals surface area contributed by atoms with Gasteiger partial charge in [-0.3, -0.25) is 4.79 Å². The van der Waals surface area contributed by atoms with Crippen molar-refractivity contribution >= 4 is 17.2 Å². The number of aromatic nitrogens is 1. The number of aliphatic hydroxyl groups is 1. The van der Waals surface area contributed by atoms with Crippen LogP contribution in [-0.2, 0) is 11.2 Å². The van der Waals surface area contributed by atoms with Crippen LogP contribution in [-0.4, -0.2) is 42.4 Å². The van der Waals surface area contributed by atoms with E-state index in [0.29, 0.717) is 17.0 Å². The molecule has 0 spiro atoms. The number of ether oxygens (including phenoxy) is 1. The van der Waals surface area contributed by atoms with Gasteiger partial charge < -0.3 is 15.2 Å². The van der Waals surface area contributed by atoms with E-state index in [2.05, 4.69) is 10.3 Å². The van der Waals surface area contributed by atoms with E-state index in [1.165, 1.54) is 24.5 Å². The number of carbonyl (C=O) groups is 1. The number of carbonyl (C=O) groups excluding carboxylic acids is 1. The molecular weight excluding hydrogens is 307 g/mol. The third-order valence-corrected chi connectivity index (χ3v) is 3.79. The van der Waals surface area contributed by atoms with Gasteiger partial charge in [0.15, 0.2) is 0 Å². The molecule has 1 aromatic carbocycles. The monoisotopic (exact) mass is 324 g/mol. The topological polar surface area (TPSA) is 71.5 Å². The van der Waals surface area contributed by atoms with Crippen molar-refractivity contribution in [3.8, 4) is 0 Å². The second-order valence-electron chi connectivity index (χ2n) is 4.71. The van der Waals surface area contributed by atoms with Gasteiger partial charge in [-0.25, -0.2) is 9.37 Å². The molecule has 0 aliphatic heterocycles. The van der Waals surface area contributed by atoms with Crippen molar-refractivity contribution in [1.82, 2.24) is 10.3 Å². The SMILES string of the molecule is COCC(O)CNC(=O)c1csc(Cc2ccccc2F)n1. The Morgan fingerprint density at radius 3 is 3.00 bits per heavy atom. The number of aliphatic hydroxyl groups excluding tert-OH is 1. The molecular formula is C15H17FN2O3S. The lowest BCUT2D eigenvalue weighted by Gasteiger charge is -2.09. The second-order valence-corrected chi connectivity index (χ2v) is 5.66. The van der Waals surface area contributed by atoms with Crippen molar-refractivity contribution < 1.29 is 19.0 Å². The van der Waals surface area contributed by atoms with E-state index < -0.39 is 6.10 Å². The number of hydrogen-bond donors (Lipinski definition) is 2. The van der Waals surface area contributed by atoms with E-state index in [4.69, 9.17) is 4.74 Å². The highest BCUT2D eigenvalue weighted by Gasteiger charge is 2.13. The minimum Gasteiger partial charge on any atom is -0.389 e. The van der Waals surface area contributed by atoms with Crippen molar-refractivity contribution in [2.24, 2.45) is 0 Å². The number of nitrogens with zero attached hydrogens (tertiary/aromatic N) is 1. The number of amides is 1. The van der Waals surface area contributed by atoms with Gasteiger partial charge in [-0.05, 0) is 11.6 Å². The van der Waals surface area contributed by atoms with Crippen molar-refractivity contribution in [1.29, 1.82) is 0 Å². The zero-order chi connectivity index (χ0) is 15.9. The van der Waals surface area contributed by atoms with Gasteiger partial charge in [0.2, 0.25) is 0 Å². The molecule has 0 fully saturated rings. The highest BCUT2D eigenvalue weighted by molar-refractivity contribution is 7.09. The van der Waals surface area contributed by atoms with Crippen LogP contribution in [0, 0.1) is 5.82 Å². The summed E-state index contributed by atoms with van der Waals surface area (Å²) in [5.41, 5.74) is 0.806. The predicted molar refractivity (Wildman–Crippen MR) is 81.5 cm³/mol. The summed E-state index contributed by atoms with van der Waals surface area (Å²) in [5.74, 6) is -0.655. The lowest BCUT2D eigenvalue weighted by Crippen LogP contribution is -2.34. The second kappa shape index (κ2) is 7.98. The van der Waals surface area contributed by atoms with Crippen LogP contribution < -0.4 is 5.32 Å². The lowest BCUT2D eigenvalue weighted by atomic mass is 10.1. The van der Waals surface area contributed by atoms with Crippen LogP contribution in [0.1, 0.15) is 21.1 Å². The Morgan fingerprint density at radius 1 is 1.50 bits per heavy atom. The maximum Gasteiger partial charge on any atom is 0.270 e. The molecule has 1 heterocycles. The fraction of sp³-hybridized carbons (Fsp3) is 0.333. The molecule has 0 aliphatic rings. The van der Waals surface area contributed by atoms with Gasteiger partial charge >= 0.3 is 0 Å². The summed E-state index contributed by atoms with van der Waals surface area (Å²) in [6, 6.07) is 6.48. The Kier molecular flexibility index (Phi) is 6.00. The maximum absolute atomic E-state index is 13.6. The summed E-state index contributed by atoms with van der Waals surface area (Å²) in [5, 5.41) is 14.3. The predicted octanol–water partition coefficient (Wildman–Crippen LogP) is 1.61. The third kappa shape index (κ3) is 4.59. The standard InChI is InChI=1S/C15H17FN2O3S/c1-21-8-11(19)7-17-15(20)13-9-22-14(18-13)6-10-4-2-3-5-12(10)16/h2-5,9,11,19H,6-8H2,1H3,(H,17,20). The zero-order valence-electron chi connectivity index (χ0n) is 12.1. The summed E-state index contributed by atoms with van der Waals surface area (Å²) < 4.78 is 18.4. The number of thiazole rings is 1. The molecule has 5 nitrogen and oxygen atoms in total. The average molecular weight is 324 g/mol. The molecule has 1 atom stereocenters. The van der Waals surface area contributed by atoms with Crippen LogP contribution in [0.25, 0.3) is 0 Å². The molecule has 2 N–H and O–H groups in total. The van der Waals surface area contributed by atoms with Crippen LogP contribution in [0.15, 0.2) is 29.6 Å². The van der Waals surface area contributed by atoms with E-state index in [1.807, 2.05) is 0 Å². The molecule has 118 valence electrons. The summed E-state index contributed by atoms with van der Waals surface area (Å²) in [6.45, 7) is 0.239. The molecule has 1 aromatic heterocycles. The molecule has 0 saturated carbocycles. The lowest BCUT2D eigenvalue weighted by molar-refractivity contribution is 0.0609.